The SMILES string of the molecule is CC(C)(CC(=O)N[C@@H]1CCO[C@H](C2CC2)C1)CC(=O)c1ccccc1. The molecule has 1 aliphatic heterocycles. The molecule has 25 heavy (non-hydrogen) atoms. The monoisotopic (exact) mass is 343 g/mol. The van der Waals surface area contributed by atoms with Gasteiger partial charge in [-0.25, -0.2) is 0 Å². The van der Waals surface area contributed by atoms with Gasteiger partial charge in [0.15, 0.2) is 5.78 Å². The van der Waals surface area contributed by atoms with E-state index in [1.807, 2.05) is 44.2 Å². The minimum atomic E-state index is -0.349. The van der Waals surface area contributed by atoms with Crippen molar-refractivity contribution in [3.05, 3.63) is 35.9 Å². The first kappa shape index (κ1) is 18.1. The summed E-state index contributed by atoms with van der Waals surface area (Å²) >= 11 is 0. The van der Waals surface area contributed by atoms with Crippen LogP contribution in [0.3, 0.4) is 0 Å². The van der Waals surface area contributed by atoms with Crippen molar-refractivity contribution >= 4 is 11.7 Å². The van der Waals surface area contributed by atoms with E-state index in [9.17, 15) is 9.59 Å². The summed E-state index contributed by atoms with van der Waals surface area (Å²) in [5, 5.41) is 3.17. The van der Waals surface area contributed by atoms with E-state index in [1.165, 1.54) is 12.8 Å². The molecule has 1 saturated carbocycles. The normalized spacial score (nSPS) is 23.9. The van der Waals surface area contributed by atoms with Gasteiger partial charge in [0.1, 0.15) is 0 Å². The molecule has 0 radical (unpaired) electrons. The lowest BCUT2D eigenvalue weighted by Gasteiger charge is -2.31. The van der Waals surface area contributed by atoms with Gasteiger partial charge in [-0.15, -0.1) is 0 Å². The summed E-state index contributed by atoms with van der Waals surface area (Å²) in [6.45, 7) is 4.72. The summed E-state index contributed by atoms with van der Waals surface area (Å²) in [4.78, 5) is 24.9. The maximum Gasteiger partial charge on any atom is 0.220 e. The third-order valence-corrected chi connectivity index (χ3v) is 5.20. The van der Waals surface area contributed by atoms with Crippen LogP contribution in [0.4, 0.5) is 0 Å². The second-order valence-corrected chi connectivity index (χ2v) is 8.34. The van der Waals surface area contributed by atoms with Crippen molar-refractivity contribution in [3.63, 3.8) is 0 Å². The second-order valence-electron chi connectivity index (χ2n) is 8.34. The summed E-state index contributed by atoms with van der Waals surface area (Å²) in [6.07, 6.45) is 5.42. The van der Waals surface area contributed by atoms with Gasteiger partial charge < -0.3 is 10.1 Å². The summed E-state index contributed by atoms with van der Waals surface area (Å²) in [5.41, 5.74) is 0.366. The Morgan fingerprint density at radius 1 is 1.12 bits per heavy atom. The second kappa shape index (κ2) is 7.69. The van der Waals surface area contributed by atoms with Gasteiger partial charge in [0, 0.05) is 31.1 Å². The van der Waals surface area contributed by atoms with E-state index < -0.39 is 0 Å². The van der Waals surface area contributed by atoms with Crippen LogP contribution in [0.2, 0.25) is 0 Å². The Balaban J connectivity index is 1.48. The Morgan fingerprint density at radius 3 is 2.52 bits per heavy atom. The third-order valence-electron chi connectivity index (χ3n) is 5.20. The molecular weight excluding hydrogens is 314 g/mol. The van der Waals surface area contributed by atoms with Crippen LogP contribution in [0, 0.1) is 11.3 Å². The van der Waals surface area contributed by atoms with E-state index in [-0.39, 0.29) is 23.1 Å². The van der Waals surface area contributed by atoms with Crippen LogP contribution in [0.25, 0.3) is 0 Å². The predicted octanol–water partition coefficient (Wildman–Crippen LogP) is 3.75. The fourth-order valence-electron chi connectivity index (χ4n) is 3.69. The first-order chi connectivity index (χ1) is 11.9. The minimum Gasteiger partial charge on any atom is -0.378 e. The van der Waals surface area contributed by atoms with Gasteiger partial charge in [0.2, 0.25) is 5.91 Å². The van der Waals surface area contributed by atoms with Crippen LogP contribution in [-0.4, -0.2) is 30.4 Å². The molecule has 0 bridgehead atoms. The number of carbonyl (C=O) groups excluding carboxylic acids is 2. The summed E-state index contributed by atoms with van der Waals surface area (Å²) in [7, 11) is 0. The quantitative estimate of drug-likeness (QED) is 0.767. The van der Waals surface area contributed by atoms with Gasteiger partial charge in [0.05, 0.1) is 6.10 Å². The van der Waals surface area contributed by atoms with Gasteiger partial charge in [-0.1, -0.05) is 44.2 Å². The molecule has 1 N–H and O–H groups in total. The molecular formula is C21H29NO3. The zero-order valence-electron chi connectivity index (χ0n) is 15.3. The fraction of sp³-hybridized carbons (Fsp3) is 0.619. The van der Waals surface area contributed by atoms with Crippen LogP contribution in [0.5, 0.6) is 0 Å². The van der Waals surface area contributed by atoms with Gasteiger partial charge in [0.25, 0.3) is 0 Å². The van der Waals surface area contributed by atoms with E-state index in [1.54, 1.807) is 0 Å². The Kier molecular flexibility index (Phi) is 5.57. The molecule has 0 spiro atoms. The van der Waals surface area contributed by atoms with Crippen molar-refractivity contribution in [2.24, 2.45) is 11.3 Å². The van der Waals surface area contributed by atoms with Crippen molar-refractivity contribution in [1.29, 1.82) is 0 Å². The van der Waals surface area contributed by atoms with Crippen LogP contribution in [-0.2, 0) is 9.53 Å². The molecule has 0 unspecified atom stereocenters. The van der Waals surface area contributed by atoms with E-state index in [0.29, 0.717) is 30.4 Å². The Labute approximate surface area is 150 Å². The highest BCUT2D eigenvalue weighted by Gasteiger charge is 2.36. The average molecular weight is 343 g/mol. The largest absolute Gasteiger partial charge is 0.378 e. The van der Waals surface area contributed by atoms with E-state index in [2.05, 4.69) is 5.32 Å². The molecule has 1 aromatic rings. The molecule has 1 amide bonds. The minimum absolute atomic E-state index is 0.0484. The fourth-order valence-corrected chi connectivity index (χ4v) is 3.69. The zero-order valence-corrected chi connectivity index (χ0v) is 15.3. The first-order valence-electron chi connectivity index (χ1n) is 9.42. The Hall–Kier alpha value is -1.68. The van der Waals surface area contributed by atoms with Gasteiger partial charge in [-0.05, 0) is 37.0 Å². The number of Topliss-reactive ketones (excluding diaryl/α,β-unsaturated/α-hetero) is 1. The van der Waals surface area contributed by atoms with E-state index in [0.717, 1.165) is 19.4 Å². The van der Waals surface area contributed by atoms with Gasteiger partial charge in [-0.3, -0.25) is 9.59 Å². The molecule has 1 saturated heterocycles. The van der Waals surface area contributed by atoms with Gasteiger partial charge >= 0.3 is 0 Å². The highest BCUT2D eigenvalue weighted by molar-refractivity contribution is 5.96. The van der Waals surface area contributed by atoms with Crippen molar-refractivity contribution in [3.8, 4) is 0 Å². The molecule has 2 atom stereocenters. The number of nitrogens with one attached hydrogen (secondary N) is 1. The summed E-state index contributed by atoms with van der Waals surface area (Å²) in [5.74, 6) is 0.852. The van der Waals surface area contributed by atoms with E-state index >= 15 is 0 Å². The summed E-state index contributed by atoms with van der Waals surface area (Å²) < 4.78 is 5.82. The van der Waals surface area contributed by atoms with Crippen molar-refractivity contribution < 1.29 is 14.3 Å². The summed E-state index contributed by atoms with van der Waals surface area (Å²) in [6, 6.07) is 9.52. The molecule has 4 heteroatoms. The average Bonchev–Trinajstić information content (AvgIpc) is 3.39. The zero-order chi connectivity index (χ0) is 17.9. The lowest BCUT2D eigenvalue weighted by atomic mass is 9.82. The maximum atomic E-state index is 12.5. The molecule has 2 aliphatic rings. The number of ether oxygens (including phenoxy) is 1. The highest BCUT2D eigenvalue weighted by Crippen LogP contribution is 2.38. The molecule has 1 heterocycles. The van der Waals surface area contributed by atoms with Crippen LogP contribution in [0.15, 0.2) is 30.3 Å². The highest BCUT2D eigenvalue weighted by atomic mass is 16.5. The lowest BCUT2D eigenvalue weighted by Crippen LogP contribution is -2.43. The van der Waals surface area contributed by atoms with Crippen molar-refractivity contribution in [2.75, 3.05) is 6.61 Å². The van der Waals surface area contributed by atoms with Crippen LogP contribution in [0.1, 0.15) is 62.7 Å². The molecule has 2 fully saturated rings. The maximum absolute atomic E-state index is 12.5. The number of benzene rings is 1. The van der Waals surface area contributed by atoms with Crippen molar-refractivity contribution in [1.82, 2.24) is 5.32 Å². The molecule has 4 nitrogen and oxygen atoms in total. The number of hydrogen-bond acceptors (Lipinski definition) is 3. The Morgan fingerprint density at radius 2 is 1.84 bits per heavy atom. The number of rotatable bonds is 7. The van der Waals surface area contributed by atoms with Crippen LogP contribution < -0.4 is 5.32 Å². The third kappa shape index (κ3) is 5.40. The number of carbonyl (C=O) groups is 2. The van der Waals surface area contributed by atoms with Crippen molar-refractivity contribution in [2.45, 2.75) is 64.5 Å². The predicted molar refractivity (Wildman–Crippen MR) is 97.4 cm³/mol. The molecule has 1 aromatic carbocycles. The number of amides is 1. The lowest BCUT2D eigenvalue weighted by molar-refractivity contribution is -0.124. The molecule has 136 valence electrons. The number of hydrogen-bond donors (Lipinski definition) is 1. The van der Waals surface area contributed by atoms with Gasteiger partial charge in [-0.2, -0.15) is 0 Å². The first-order valence-corrected chi connectivity index (χ1v) is 9.42. The van der Waals surface area contributed by atoms with Crippen LogP contribution >= 0.6 is 0 Å². The number of ketones is 1. The molecule has 3 rings (SSSR count). The van der Waals surface area contributed by atoms with E-state index in [4.69, 9.17) is 4.74 Å². The topological polar surface area (TPSA) is 55.4 Å². The molecule has 0 aromatic heterocycles. The standard InChI is InChI=1S/C21H29NO3/c1-21(2,13-18(23)15-6-4-3-5-7-15)14-20(24)22-17-10-11-25-19(12-17)16-8-9-16/h3-7,16-17,19H,8-14H2,1-2H3,(H,22,24)/t17-,19+/m1/s1. The molecule has 1 aliphatic carbocycles. The smallest absolute Gasteiger partial charge is 0.220 e. The Bertz CT molecular complexity index is 607.